The molecule has 122 valence electrons. The van der Waals surface area contributed by atoms with Gasteiger partial charge in [0.1, 0.15) is 5.82 Å². The van der Waals surface area contributed by atoms with E-state index in [4.69, 9.17) is 0 Å². The molecule has 0 radical (unpaired) electrons. The number of hydrogen-bond acceptors (Lipinski definition) is 2. The van der Waals surface area contributed by atoms with E-state index in [9.17, 15) is 9.18 Å². The zero-order chi connectivity index (χ0) is 15.9. The van der Waals surface area contributed by atoms with Crippen LogP contribution >= 0.6 is 0 Å². The number of halogens is 1. The van der Waals surface area contributed by atoms with Gasteiger partial charge in [-0.25, -0.2) is 4.39 Å². The summed E-state index contributed by atoms with van der Waals surface area (Å²) in [4.78, 5) is 14.7. The first-order chi connectivity index (χ1) is 10.6. The highest BCUT2D eigenvalue weighted by Crippen LogP contribution is 2.12. The molecular weight excluding hydrogens is 279 g/mol. The van der Waals surface area contributed by atoms with Gasteiger partial charge >= 0.3 is 0 Å². The molecule has 1 fully saturated rings. The van der Waals surface area contributed by atoms with Crippen molar-refractivity contribution < 1.29 is 9.18 Å². The Bertz CT molecular complexity index is 468. The normalized spacial score (nSPS) is 18.7. The Kier molecular flexibility index (Phi) is 6.37. The summed E-state index contributed by atoms with van der Waals surface area (Å²) in [5, 5.41) is 3.06. The number of rotatable bonds is 6. The minimum Gasteiger partial charge on any atom is -0.354 e. The van der Waals surface area contributed by atoms with E-state index < -0.39 is 0 Å². The summed E-state index contributed by atoms with van der Waals surface area (Å²) in [6.45, 7) is 7.08. The van der Waals surface area contributed by atoms with Gasteiger partial charge in [0.15, 0.2) is 0 Å². The Morgan fingerprint density at radius 1 is 1.18 bits per heavy atom. The van der Waals surface area contributed by atoms with Crippen LogP contribution in [0.1, 0.15) is 38.7 Å². The van der Waals surface area contributed by atoms with Gasteiger partial charge in [0, 0.05) is 18.5 Å². The Hall–Kier alpha value is -1.42. The minimum absolute atomic E-state index is 0.0770. The zero-order valence-corrected chi connectivity index (χ0v) is 13.6. The Morgan fingerprint density at radius 3 is 2.45 bits per heavy atom. The summed E-state index contributed by atoms with van der Waals surface area (Å²) in [7, 11) is 0. The van der Waals surface area contributed by atoms with E-state index in [1.807, 2.05) is 6.92 Å². The molecule has 3 nitrogen and oxygen atoms in total. The van der Waals surface area contributed by atoms with Gasteiger partial charge in [-0.1, -0.05) is 25.5 Å². The quantitative estimate of drug-likeness (QED) is 0.876. The van der Waals surface area contributed by atoms with Gasteiger partial charge < -0.3 is 5.32 Å². The first kappa shape index (κ1) is 16.9. The number of carbonyl (C=O) groups excluding carboxylic acids is 1. The monoisotopic (exact) mass is 306 g/mol. The van der Waals surface area contributed by atoms with Gasteiger partial charge in [0.2, 0.25) is 5.91 Å². The van der Waals surface area contributed by atoms with Crippen LogP contribution in [-0.2, 0) is 11.2 Å². The van der Waals surface area contributed by atoms with Gasteiger partial charge in [-0.2, -0.15) is 0 Å². The Labute approximate surface area is 132 Å². The van der Waals surface area contributed by atoms with E-state index in [1.165, 1.54) is 31.4 Å². The SMILES string of the molecule is CC(Cc1ccc(F)cc1)C(=O)NCC(C)N1CCCCC1. The van der Waals surface area contributed by atoms with Crippen LogP contribution in [0.25, 0.3) is 0 Å². The van der Waals surface area contributed by atoms with Crippen LogP contribution in [0.3, 0.4) is 0 Å². The van der Waals surface area contributed by atoms with Crippen molar-refractivity contribution >= 4 is 5.91 Å². The summed E-state index contributed by atoms with van der Waals surface area (Å²) in [5.41, 5.74) is 0.994. The van der Waals surface area contributed by atoms with Gasteiger partial charge in [-0.3, -0.25) is 9.69 Å². The highest BCUT2D eigenvalue weighted by Gasteiger charge is 2.19. The summed E-state index contributed by atoms with van der Waals surface area (Å²) < 4.78 is 12.9. The maximum Gasteiger partial charge on any atom is 0.223 e. The van der Waals surface area contributed by atoms with Crippen molar-refractivity contribution in [2.45, 2.75) is 45.6 Å². The number of likely N-dealkylation sites (tertiary alicyclic amines) is 1. The molecule has 1 aliphatic rings. The Morgan fingerprint density at radius 2 is 1.82 bits per heavy atom. The fourth-order valence-electron chi connectivity index (χ4n) is 2.98. The molecule has 2 rings (SSSR count). The predicted octanol–water partition coefficient (Wildman–Crippen LogP) is 2.99. The van der Waals surface area contributed by atoms with E-state index in [2.05, 4.69) is 17.1 Å². The van der Waals surface area contributed by atoms with Crippen molar-refractivity contribution in [3.63, 3.8) is 0 Å². The maximum atomic E-state index is 12.9. The molecule has 0 aliphatic carbocycles. The van der Waals surface area contributed by atoms with E-state index in [-0.39, 0.29) is 17.6 Å². The maximum absolute atomic E-state index is 12.9. The van der Waals surface area contributed by atoms with Crippen LogP contribution in [0.4, 0.5) is 4.39 Å². The molecular formula is C18H27FN2O. The molecule has 0 spiro atoms. The fraction of sp³-hybridized carbons (Fsp3) is 0.611. The van der Waals surface area contributed by atoms with Crippen LogP contribution in [0.15, 0.2) is 24.3 Å². The molecule has 1 aromatic rings. The lowest BCUT2D eigenvalue weighted by molar-refractivity contribution is -0.124. The van der Waals surface area contributed by atoms with Crippen LogP contribution < -0.4 is 5.32 Å². The standard InChI is InChI=1S/C18H27FN2O/c1-14(12-16-6-8-17(19)9-7-16)18(22)20-13-15(2)21-10-4-3-5-11-21/h6-9,14-15H,3-5,10-13H2,1-2H3,(H,20,22). The lowest BCUT2D eigenvalue weighted by atomic mass is 10.0. The molecule has 1 aromatic carbocycles. The molecule has 0 bridgehead atoms. The van der Waals surface area contributed by atoms with Crippen LogP contribution in [-0.4, -0.2) is 36.5 Å². The first-order valence-corrected chi connectivity index (χ1v) is 8.32. The highest BCUT2D eigenvalue weighted by molar-refractivity contribution is 5.78. The first-order valence-electron chi connectivity index (χ1n) is 8.32. The molecule has 1 aliphatic heterocycles. The zero-order valence-electron chi connectivity index (χ0n) is 13.6. The van der Waals surface area contributed by atoms with Crippen molar-refractivity contribution in [2.24, 2.45) is 5.92 Å². The summed E-state index contributed by atoms with van der Waals surface area (Å²) in [6.07, 6.45) is 4.49. The average molecular weight is 306 g/mol. The van der Waals surface area contributed by atoms with Gasteiger partial charge in [-0.05, 0) is 57.0 Å². The number of benzene rings is 1. The molecule has 1 heterocycles. The lowest BCUT2D eigenvalue weighted by Crippen LogP contribution is -2.45. The number of hydrogen-bond donors (Lipinski definition) is 1. The van der Waals surface area contributed by atoms with Crippen molar-refractivity contribution in [3.05, 3.63) is 35.6 Å². The lowest BCUT2D eigenvalue weighted by Gasteiger charge is -2.32. The molecule has 4 heteroatoms. The molecule has 1 amide bonds. The summed E-state index contributed by atoms with van der Waals surface area (Å²) in [5.74, 6) is -0.261. The molecule has 22 heavy (non-hydrogen) atoms. The molecule has 2 unspecified atom stereocenters. The molecule has 1 saturated heterocycles. The second-order valence-corrected chi connectivity index (χ2v) is 6.42. The fourth-order valence-corrected chi connectivity index (χ4v) is 2.98. The number of carbonyl (C=O) groups is 1. The van der Waals surface area contributed by atoms with Crippen LogP contribution in [0.5, 0.6) is 0 Å². The van der Waals surface area contributed by atoms with Crippen molar-refractivity contribution in [2.75, 3.05) is 19.6 Å². The molecule has 2 atom stereocenters. The number of nitrogens with zero attached hydrogens (tertiary/aromatic N) is 1. The topological polar surface area (TPSA) is 32.3 Å². The molecule has 1 N–H and O–H groups in total. The second-order valence-electron chi connectivity index (χ2n) is 6.42. The third-order valence-corrected chi connectivity index (χ3v) is 4.49. The Balaban J connectivity index is 1.74. The summed E-state index contributed by atoms with van der Waals surface area (Å²) in [6, 6.07) is 6.77. The smallest absolute Gasteiger partial charge is 0.223 e. The van der Waals surface area contributed by atoms with Crippen molar-refractivity contribution in [1.29, 1.82) is 0 Å². The largest absolute Gasteiger partial charge is 0.354 e. The van der Waals surface area contributed by atoms with E-state index in [0.29, 0.717) is 19.0 Å². The number of piperidine rings is 1. The average Bonchev–Trinajstić information content (AvgIpc) is 2.55. The molecule has 0 saturated carbocycles. The highest BCUT2D eigenvalue weighted by atomic mass is 19.1. The van der Waals surface area contributed by atoms with Gasteiger partial charge in [0.25, 0.3) is 0 Å². The van der Waals surface area contributed by atoms with Crippen molar-refractivity contribution in [3.8, 4) is 0 Å². The van der Waals surface area contributed by atoms with E-state index in [0.717, 1.165) is 18.7 Å². The number of amides is 1. The minimum atomic E-state index is -0.240. The van der Waals surface area contributed by atoms with E-state index in [1.54, 1.807) is 12.1 Å². The van der Waals surface area contributed by atoms with Crippen LogP contribution in [0.2, 0.25) is 0 Å². The third-order valence-electron chi connectivity index (χ3n) is 4.49. The summed E-state index contributed by atoms with van der Waals surface area (Å²) >= 11 is 0. The molecule has 0 aromatic heterocycles. The predicted molar refractivity (Wildman–Crippen MR) is 87.2 cm³/mol. The van der Waals surface area contributed by atoms with Gasteiger partial charge in [0.05, 0.1) is 0 Å². The van der Waals surface area contributed by atoms with Gasteiger partial charge in [-0.15, -0.1) is 0 Å². The van der Waals surface area contributed by atoms with Crippen molar-refractivity contribution in [1.82, 2.24) is 10.2 Å². The number of nitrogens with one attached hydrogen (secondary N) is 1. The van der Waals surface area contributed by atoms with E-state index >= 15 is 0 Å². The third kappa shape index (κ3) is 5.09. The van der Waals surface area contributed by atoms with Crippen LogP contribution in [0, 0.1) is 11.7 Å². The second kappa shape index (κ2) is 8.28.